The van der Waals surface area contributed by atoms with Crippen molar-refractivity contribution < 1.29 is 4.42 Å². The molecule has 31 heavy (non-hydrogen) atoms. The van der Waals surface area contributed by atoms with Gasteiger partial charge in [0.1, 0.15) is 0 Å². The number of para-hydroxylation sites is 4. The van der Waals surface area contributed by atoms with Gasteiger partial charge in [0.15, 0.2) is 10.7 Å². The van der Waals surface area contributed by atoms with Gasteiger partial charge in [0, 0.05) is 12.3 Å². The molecule has 0 aliphatic rings. The molecule has 154 valence electrons. The molecule has 2 aromatic heterocycles. The van der Waals surface area contributed by atoms with Crippen molar-refractivity contribution in [3.63, 3.8) is 0 Å². The SMILES string of the molecule is Cc1ccccc1-n1c(SCCn2c(=O)oc3ccccc32)nc2ccccc2c1=O. The number of rotatable bonds is 5. The Kier molecular flexibility index (Phi) is 4.95. The van der Waals surface area contributed by atoms with Crippen LogP contribution < -0.4 is 11.3 Å². The average Bonchev–Trinajstić information content (AvgIpc) is 3.10. The molecule has 0 saturated carbocycles. The van der Waals surface area contributed by atoms with Gasteiger partial charge in [-0.15, -0.1) is 0 Å². The maximum absolute atomic E-state index is 13.4. The molecule has 0 aliphatic carbocycles. The van der Waals surface area contributed by atoms with Crippen LogP contribution in [0.3, 0.4) is 0 Å². The first-order valence-electron chi connectivity index (χ1n) is 9.92. The lowest BCUT2D eigenvalue weighted by Gasteiger charge is -2.15. The molecule has 0 saturated heterocycles. The van der Waals surface area contributed by atoms with Gasteiger partial charge in [-0.2, -0.15) is 0 Å². The van der Waals surface area contributed by atoms with Crippen LogP contribution in [0.2, 0.25) is 0 Å². The van der Waals surface area contributed by atoms with Crippen LogP contribution in [0.25, 0.3) is 27.7 Å². The largest absolute Gasteiger partial charge is 0.419 e. The van der Waals surface area contributed by atoms with Gasteiger partial charge in [-0.25, -0.2) is 9.78 Å². The first-order chi connectivity index (χ1) is 15.1. The van der Waals surface area contributed by atoms with Gasteiger partial charge in [-0.1, -0.05) is 54.2 Å². The van der Waals surface area contributed by atoms with Crippen molar-refractivity contribution in [3.8, 4) is 5.69 Å². The number of aryl methyl sites for hydroxylation is 2. The van der Waals surface area contributed by atoms with E-state index in [1.165, 1.54) is 11.8 Å². The van der Waals surface area contributed by atoms with Gasteiger partial charge >= 0.3 is 5.76 Å². The topological polar surface area (TPSA) is 70.0 Å². The second-order valence-corrected chi connectivity index (χ2v) is 8.24. The van der Waals surface area contributed by atoms with Gasteiger partial charge in [0.05, 0.1) is 22.1 Å². The second-order valence-electron chi connectivity index (χ2n) is 7.17. The van der Waals surface area contributed by atoms with Crippen molar-refractivity contribution in [1.82, 2.24) is 14.1 Å². The highest BCUT2D eigenvalue weighted by Crippen LogP contribution is 2.23. The third-order valence-corrected chi connectivity index (χ3v) is 6.14. The number of nitrogens with zero attached hydrogens (tertiary/aromatic N) is 3. The number of benzene rings is 3. The molecule has 0 radical (unpaired) electrons. The third-order valence-electron chi connectivity index (χ3n) is 5.22. The fraction of sp³-hybridized carbons (Fsp3) is 0.125. The van der Waals surface area contributed by atoms with E-state index in [9.17, 15) is 9.59 Å². The molecule has 0 unspecified atom stereocenters. The number of hydrogen-bond acceptors (Lipinski definition) is 5. The Morgan fingerprint density at radius 3 is 2.55 bits per heavy atom. The number of fused-ring (bicyclic) bond motifs is 2. The van der Waals surface area contributed by atoms with E-state index in [1.807, 2.05) is 67.6 Å². The second kappa shape index (κ2) is 7.92. The van der Waals surface area contributed by atoms with Crippen LogP contribution in [-0.2, 0) is 6.54 Å². The summed E-state index contributed by atoms with van der Waals surface area (Å²) in [7, 11) is 0. The van der Waals surface area contributed by atoms with Gasteiger partial charge in [0.2, 0.25) is 0 Å². The average molecular weight is 430 g/mol. The molecule has 3 aromatic carbocycles. The van der Waals surface area contributed by atoms with Crippen molar-refractivity contribution in [3.05, 3.63) is 99.3 Å². The molecule has 5 rings (SSSR count). The van der Waals surface area contributed by atoms with Gasteiger partial charge in [0.25, 0.3) is 5.56 Å². The quantitative estimate of drug-likeness (QED) is 0.306. The molecule has 0 fully saturated rings. The highest BCUT2D eigenvalue weighted by Gasteiger charge is 2.15. The molecular weight excluding hydrogens is 410 g/mol. The summed E-state index contributed by atoms with van der Waals surface area (Å²) in [6.45, 7) is 2.42. The van der Waals surface area contributed by atoms with Crippen LogP contribution in [0.5, 0.6) is 0 Å². The van der Waals surface area contributed by atoms with Crippen molar-refractivity contribution >= 4 is 33.8 Å². The minimum absolute atomic E-state index is 0.103. The van der Waals surface area contributed by atoms with Crippen LogP contribution >= 0.6 is 11.8 Å². The zero-order chi connectivity index (χ0) is 21.4. The molecule has 0 N–H and O–H groups in total. The zero-order valence-corrected chi connectivity index (χ0v) is 17.6. The molecule has 6 nitrogen and oxygen atoms in total. The number of aromatic nitrogens is 3. The smallest absolute Gasteiger partial charge is 0.408 e. The number of thioether (sulfide) groups is 1. The van der Waals surface area contributed by atoms with Crippen molar-refractivity contribution in [1.29, 1.82) is 0 Å². The van der Waals surface area contributed by atoms with Crippen molar-refractivity contribution in [2.45, 2.75) is 18.6 Å². The first-order valence-corrected chi connectivity index (χ1v) is 10.9. The van der Waals surface area contributed by atoms with Crippen LogP contribution in [0, 0.1) is 6.92 Å². The molecular formula is C24H19N3O3S. The Hall–Kier alpha value is -3.58. The Balaban J connectivity index is 1.55. The summed E-state index contributed by atoms with van der Waals surface area (Å²) in [6, 6.07) is 22.5. The molecule has 0 aliphatic heterocycles. The summed E-state index contributed by atoms with van der Waals surface area (Å²) in [6.07, 6.45) is 0. The van der Waals surface area contributed by atoms with E-state index < -0.39 is 0 Å². The molecule has 7 heteroatoms. The van der Waals surface area contributed by atoms with E-state index in [2.05, 4.69) is 0 Å². The molecule has 0 amide bonds. The van der Waals surface area contributed by atoms with Crippen molar-refractivity contribution in [2.24, 2.45) is 0 Å². The van der Waals surface area contributed by atoms with E-state index in [-0.39, 0.29) is 11.3 Å². The lowest BCUT2D eigenvalue weighted by atomic mass is 10.2. The maximum Gasteiger partial charge on any atom is 0.419 e. The standard InChI is InChI=1S/C24H19N3O3S/c1-16-8-2-5-11-19(16)27-22(28)17-9-3-4-10-18(17)25-23(27)31-15-14-26-20-12-6-7-13-21(20)30-24(26)29/h2-13H,14-15H2,1H3. The highest BCUT2D eigenvalue weighted by molar-refractivity contribution is 7.99. The third kappa shape index (κ3) is 3.47. The van der Waals surface area contributed by atoms with E-state index >= 15 is 0 Å². The van der Waals surface area contributed by atoms with Gasteiger partial charge in [-0.05, 0) is 42.8 Å². The zero-order valence-electron chi connectivity index (χ0n) is 16.8. The summed E-state index contributed by atoms with van der Waals surface area (Å²) >= 11 is 1.45. The van der Waals surface area contributed by atoms with E-state index in [4.69, 9.17) is 9.40 Å². The molecule has 0 spiro atoms. The molecule has 0 bridgehead atoms. The first kappa shape index (κ1) is 19.4. The van der Waals surface area contributed by atoms with E-state index in [1.54, 1.807) is 21.3 Å². The predicted octanol–water partition coefficient (Wildman–Crippen LogP) is 4.39. The van der Waals surface area contributed by atoms with Crippen LogP contribution in [0.1, 0.15) is 5.56 Å². The minimum atomic E-state index is -0.385. The van der Waals surface area contributed by atoms with Gasteiger partial charge < -0.3 is 4.42 Å². The fourth-order valence-electron chi connectivity index (χ4n) is 3.69. The lowest BCUT2D eigenvalue weighted by molar-refractivity contribution is 0.514. The Morgan fingerprint density at radius 2 is 1.68 bits per heavy atom. The fourth-order valence-corrected chi connectivity index (χ4v) is 4.62. The maximum atomic E-state index is 13.4. The molecule has 0 atom stereocenters. The number of hydrogen-bond donors (Lipinski definition) is 0. The van der Waals surface area contributed by atoms with Crippen LogP contribution in [0.4, 0.5) is 0 Å². The lowest BCUT2D eigenvalue weighted by Crippen LogP contribution is -2.23. The monoisotopic (exact) mass is 429 g/mol. The van der Waals surface area contributed by atoms with Crippen LogP contribution in [0.15, 0.2) is 92.0 Å². The molecule has 5 aromatic rings. The van der Waals surface area contributed by atoms with E-state index in [0.717, 1.165) is 16.8 Å². The van der Waals surface area contributed by atoms with Crippen molar-refractivity contribution in [2.75, 3.05) is 5.75 Å². The molecule has 2 heterocycles. The normalized spacial score (nSPS) is 11.4. The van der Waals surface area contributed by atoms with E-state index in [0.29, 0.717) is 33.9 Å². The summed E-state index contributed by atoms with van der Waals surface area (Å²) < 4.78 is 8.59. The minimum Gasteiger partial charge on any atom is -0.408 e. The predicted molar refractivity (Wildman–Crippen MR) is 123 cm³/mol. The summed E-state index contributed by atoms with van der Waals surface area (Å²) in [4.78, 5) is 30.4. The van der Waals surface area contributed by atoms with Gasteiger partial charge in [-0.3, -0.25) is 13.9 Å². The Morgan fingerprint density at radius 1 is 0.935 bits per heavy atom. The Labute approximate surface area is 181 Å². The number of oxazole rings is 1. The highest BCUT2D eigenvalue weighted by atomic mass is 32.2. The summed E-state index contributed by atoms with van der Waals surface area (Å²) in [5, 5.41) is 1.17. The summed E-state index contributed by atoms with van der Waals surface area (Å²) in [5.74, 6) is 0.171. The van der Waals surface area contributed by atoms with Crippen LogP contribution in [-0.4, -0.2) is 19.9 Å². The Bertz CT molecular complexity index is 1530. The summed E-state index contributed by atoms with van der Waals surface area (Å²) in [5.41, 5.74) is 3.67.